The highest BCUT2D eigenvalue weighted by molar-refractivity contribution is 7.18. The third kappa shape index (κ3) is 4.78. The molecule has 1 amide bonds. The molecule has 2 heterocycles. The van der Waals surface area contributed by atoms with E-state index in [0.29, 0.717) is 17.8 Å². The zero-order valence-corrected chi connectivity index (χ0v) is 19.1. The SMILES string of the molecule is Cc1c(C#N)c(NC(=O)COC(=O)CCc2nc3ccccc3s2)n(-c2ccccc2)c1C. The van der Waals surface area contributed by atoms with E-state index in [1.807, 2.05) is 73.0 Å². The highest BCUT2D eigenvalue weighted by Gasteiger charge is 2.21. The van der Waals surface area contributed by atoms with Crippen molar-refractivity contribution in [3.8, 4) is 11.8 Å². The predicted molar refractivity (Wildman–Crippen MR) is 127 cm³/mol. The molecule has 0 bridgehead atoms. The number of thiazole rings is 1. The number of aromatic nitrogens is 2. The van der Waals surface area contributed by atoms with Crippen LogP contribution in [0.1, 0.15) is 28.2 Å². The largest absolute Gasteiger partial charge is 0.456 e. The molecule has 2 aromatic heterocycles. The molecular weight excluding hydrogens is 436 g/mol. The summed E-state index contributed by atoms with van der Waals surface area (Å²) in [6.07, 6.45) is 0.586. The number of amides is 1. The van der Waals surface area contributed by atoms with Gasteiger partial charge in [-0.25, -0.2) is 4.98 Å². The Balaban J connectivity index is 1.39. The first kappa shape index (κ1) is 22.2. The highest BCUT2D eigenvalue weighted by atomic mass is 32.1. The molecule has 4 aromatic rings. The second kappa shape index (κ2) is 9.67. The maximum atomic E-state index is 12.6. The molecule has 166 valence electrons. The number of hydrogen-bond acceptors (Lipinski definition) is 6. The topological polar surface area (TPSA) is 97.0 Å². The number of nitrogens with one attached hydrogen (secondary N) is 1. The van der Waals surface area contributed by atoms with E-state index in [4.69, 9.17) is 4.74 Å². The predicted octanol–water partition coefficient (Wildman–Crippen LogP) is 4.69. The minimum Gasteiger partial charge on any atom is -0.456 e. The van der Waals surface area contributed by atoms with Crippen molar-refractivity contribution in [3.63, 3.8) is 0 Å². The van der Waals surface area contributed by atoms with Gasteiger partial charge in [0, 0.05) is 17.8 Å². The molecule has 0 aliphatic carbocycles. The number of carbonyl (C=O) groups excluding carboxylic acids is 2. The maximum absolute atomic E-state index is 12.6. The average Bonchev–Trinajstić information content (AvgIpc) is 3.35. The lowest BCUT2D eigenvalue weighted by atomic mass is 10.2. The summed E-state index contributed by atoms with van der Waals surface area (Å²) in [6, 6.07) is 19.4. The molecule has 0 aliphatic heterocycles. The molecular formula is C25H22N4O3S. The number of para-hydroxylation sites is 2. The third-order valence-electron chi connectivity index (χ3n) is 5.34. The lowest BCUT2D eigenvalue weighted by Crippen LogP contribution is -2.23. The Labute approximate surface area is 195 Å². The molecule has 0 unspecified atom stereocenters. The smallest absolute Gasteiger partial charge is 0.306 e. The highest BCUT2D eigenvalue weighted by Crippen LogP contribution is 2.30. The van der Waals surface area contributed by atoms with Gasteiger partial charge in [-0.15, -0.1) is 11.3 Å². The number of hydrogen-bond donors (Lipinski definition) is 1. The van der Waals surface area contributed by atoms with E-state index in [1.165, 1.54) is 0 Å². The van der Waals surface area contributed by atoms with Crippen LogP contribution >= 0.6 is 11.3 Å². The Morgan fingerprint density at radius 3 is 2.58 bits per heavy atom. The van der Waals surface area contributed by atoms with Crippen molar-refractivity contribution in [1.29, 1.82) is 5.26 Å². The molecule has 0 fully saturated rings. The molecule has 33 heavy (non-hydrogen) atoms. The molecule has 0 saturated carbocycles. The average molecular weight is 459 g/mol. The zero-order chi connectivity index (χ0) is 23.4. The number of rotatable bonds is 7. The van der Waals surface area contributed by atoms with Gasteiger partial charge < -0.3 is 10.1 Å². The maximum Gasteiger partial charge on any atom is 0.306 e. The van der Waals surface area contributed by atoms with E-state index < -0.39 is 18.5 Å². The minimum atomic E-state index is -0.505. The lowest BCUT2D eigenvalue weighted by molar-refractivity contribution is -0.147. The summed E-state index contributed by atoms with van der Waals surface area (Å²) >= 11 is 1.54. The first-order chi connectivity index (χ1) is 16.0. The van der Waals surface area contributed by atoms with Crippen LogP contribution in [0.5, 0.6) is 0 Å². The van der Waals surface area contributed by atoms with Crippen LogP contribution in [0.3, 0.4) is 0 Å². The third-order valence-corrected chi connectivity index (χ3v) is 6.44. The van der Waals surface area contributed by atoms with Crippen LogP contribution in [0, 0.1) is 25.2 Å². The zero-order valence-electron chi connectivity index (χ0n) is 18.3. The van der Waals surface area contributed by atoms with Gasteiger partial charge in [-0.3, -0.25) is 14.2 Å². The van der Waals surface area contributed by atoms with E-state index in [9.17, 15) is 14.9 Å². The molecule has 0 spiro atoms. The fourth-order valence-corrected chi connectivity index (χ4v) is 4.55. The van der Waals surface area contributed by atoms with Crippen LogP contribution in [-0.2, 0) is 20.7 Å². The van der Waals surface area contributed by atoms with Gasteiger partial charge in [0.2, 0.25) is 0 Å². The molecule has 7 nitrogen and oxygen atoms in total. The van der Waals surface area contributed by atoms with Gasteiger partial charge in [-0.1, -0.05) is 30.3 Å². The summed E-state index contributed by atoms with van der Waals surface area (Å²) in [4.78, 5) is 29.2. The number of benzene rings is 2. The summed E-state index contributed by atoms with van der Waals surface area (Å²) in [5.74, 6) is -0.612. The quantitative estimate of drug-likeness (QED) is 0.405. The lowest BCUT2D eigenvalue weighted by Gasteiger charge is -2.13. The van der Waals surface area contributed by atoms with Gasteiger partial charge in [-0.05, 0) is 43.7 Å². The second-order valence-corrected chi connectivity index (χ2v) is 8.62. The molecule has 4 rings (SSSR count). The fourth-order valence-electron chi connectivity index (χ4n) is 3.58. The van der Waals surface area contributed by atoms with E-state index in [2.05, 4.69) is 16.4 Å². The van der Waals surface area contributed by atoms with Gasteiger partial charge in [0.05, 0.1) is 27.2 Å². The number of ether oxygens (including phenoxy) is 1. The summed E-state index contributed by atoms with van der Waals surface area (Å²) in [7, 11) is 0. The Bertz CT molecular complexity index is 1330. The minimum absolute atomic E-state index is 0.134. The van der Waals surface area contributed by atoms with Crippen LogP contribution in [-0.4, -0.2) is 28.0 Å². The van der Waals surface area contributed by atoms with Crippen molar-refractivity contribution in [2.75, 3.05) is 11.9 Å². The van der Waals surface area contributed by atoms with Gasteiger partial charge in [-0.2, -0.15) is 5.26 Å². The monoisotopic (exact) mass is 458 g/mol. The number of fused-ring (bicyclic) bond motifs is 1. The number of anilines is 1. The number of aryl methyl sites for hydroxylation is 1. The van der Waals surface area contributed by atoms with Gasteiger partial charge in [0.1, 0.15) is 11.9 Å². The Morgan fingerprint density at radius 1 is 1.12 bits per heavy atom. The van der Waals surface area contributed by atoms with Crippen LogP contribution in [0.4, 0.5) is 5.82 Å². The molecule has 1 N–H and O–H groups in total. The summed E-state index contributed by atoms with van der Waals surface area (Å²) in [5.41, 5.74) is 3.74. The molecule has 0 radical (unpaired) electrons. The molecule has 0 aliphatic rings. The number of nitrogens with zero attached hydrogens (tertiary/aromatic N) is 3. The van der Waals surface area contributed by atoms with Gasteiger partial charge in [0.25, 0.3) is 5.91 Å². The van der Waals surface area contributed by atoms with E-state index in [-0.39, 0.29) is 6.42 Å². The first-order valence-corrected chi connectivity index (χ1v) is 11.3. The van der Waals surface area contributed by atoms with Crippen LogP contribution in [0.15, 0.2) is 54.6 Å². The first-order valence-electron chi connectivity index (χ1n) is 10.4. The van der Waals surface area contributed by atoms with Crippen molar-refractivity contribution < 1.29 is 14.3 Å². The fraction of sp³-hybridized carbons (Fsp3) is 0.200. The van der Waals surface area contributed by atoms with E-state index in [1.54, 1.807) is 11.3 Å². The Morgan fingerprint density at radius 2 is 1.85 bits per heavy atom. The molecule has 2 aromatic carbocycles. The van der Waals surface area contributed by atoms with Crippen molar-refractivity contribution in [2.45, 2.75) is 26.7 Å². The van der Waals surface area contributed by atoms with Crippen LogP contribution < -0.4 is 5.32 Å². The van der Waals surface area contributed by atoms with E-state index in [0.717, 1.165) is 32.2 Å². The number of nitriles is 1. The van der Waals surface area contributed by atoms with Crippen LogP contribution in [0.2, 0.25) is 0 Å². The summed E-state index contributed by atoms with van der Waals surface area (Å²) in [6.45, 7) is 3.30. The standard InChI is InChI=1S/C25H22N4O3S/c1-16-17(2)29(18-8-4-3-5-9-18)25(19(16)14-26)28-22(30)15-32-24(31)13-12-23-27-20-10-6-7-11-21(20)33-23/h3-11H,12-13,15H2,1-2H3,(H,28,30). The van der Waals surface area contributed by atoms with Gasteiger partial charge in [0.15, 0.2) is 6.61 Å². The van der Waals surface area contributed by atoms with Crippen molar-refractivity contribution >= 4 is 39.2 Å². The van der Waals surface area contributed by atoms with Crippen molar-refractivity contribution in [1.82, 2.24) is 9.55 Å². The second-order valence-electron chi connectivity index (χ2n) is 7.50. The summed E-state index contributed by atoms with van der Waals surface area (Å²) in [5, 5.41) is 13.2. The van der Waals surface area contributed by atoms with Crippen LogP contribution in [0.25, 0.3) is 15.9 Å². The van der Waals surface area contributed by atoms with Crippen molar-refractivity contribution in [2.24, 2.45) is 0 Å². The number of esters is 1. The van der Waals surface area contributed by atoms with Gasteiger partial charge >= 0.3 is 5.97 Å². The summed E-state index contributed by atoms with van der Waals surface area (Å²) < 4.78 is 8.05. The van der Waals surface area contributed by atoms with Crippen molar-refractivity contribution in [3.05, 3.63) is 76.4 Å². The van der Waals surface area contributed by atoms with E-state index >= 15 is 0 Å². The Hall–Kier alpha value is -3.96. The molecule has 0 atom stereocenters. The molecule has 8 heteroatoms. The Kier molecular flexibility index (Phi) is 6.52. The molecule has 0 saturated heterocycles. The number of carbonyl (C=O) groups is 2. The normalized spacial score (nSPS) is 10.7.